The molecule has 9 heteroatoms. The number of benzene rings is 1. The molecule has 124 valence electrons. The number of halogens is 1. The van der Waals surface area contributed by atoms with Crippen LogP contribution >= 0.6 is 12.4 Å². The highest BCUT2D eigenvalue weighted by Gasteiger charge is 2.21. The van der Waals surface area contributed by atoms with Gasteiger partial charge in [-0.2, -0.15) is 5.10 Å². The van der Waals surface area contributed by atoms with Gasteiger partial charge in [0.25, 0.3) is 5.69 Å². The highest BCUT2D eigenvalue weighted by Crippen LogP contribution is 2.18. The van der Waals surface area contributed by atoms with Crippen molar-refractivity contribution < 1.29 is 9.72 Å². The smallest absolute Gasteiger partial charge is 0.274 e. The summed E-state index contributed by atoms with van der Waals surface area (Å²) < 4.78 is 1.61. The average molecular weight is 340 g/mol. The van der Waals surface area contributed by atoms with Crippen molar-refractivity contribution in [2.24, 2.45) is 7.05 Å². The fourth-order valence-electron chi connectivity index (χ4n) is 2.16. The number of aromatic nitrogens is 2. The van der Waals surface area contributed by atoms with Crippen LogP contribution in [0.5, 0.6) is 0 Å². The molecule has 1 amide bonds. The molecule has 0 bridgehead atoms. The van der Waals surface area contributed by atoms with Crippen molar-refractivity contribution in [1.82, 2.24) is 20.4 Å². The van der Waals surface area contributed by atoms with Crippen LogP contribution in [0.1, 0.15) is 17.2 Å². The Morgan fingerprint density at radius 1 is 1.43 bits per heavy atom. The van der Waals surface area contributed by atoms with Gasteiger partial charge in [-0.1, -0.05) is 18.2 Å². The normalized spacial score (nSPS) is 11.4. The van der Waals surface area contributed by atoms with Crippen molar-refractivity contribution in [3.05, 3.63) is 57.9 Å². The van der Waals surface area contributed by atoms with Crippen LogP contribution in [0.2, 0.25) is 0 Å². The summed E-state index contributed by atoms with van der Waals surface area (Å²) in [7, 11) is 3.43. The highest BCUT2D eigenvalue weighted by atomic mass is 35.5. The van der Waals surface area contributed by atoms with Crippen molar-refractivity contribution in [3.8, 4) is 0 Å². The number of nitrogens with zero attached hydrogens (tertiary/aromatic N) is 3. The molecule has 0 spiro atoms. The van der Waals surface area contributed by atoms with Crippen molar-refractivity contribution in [2.45, 2.75) is 12.6 Å². The summed E-state index contributed by atoms with van der Waals surface area (Å²) in [4.78, 5) is 22.7. The molecular formula is C14H18ClN5O3. The van der Waals surface area contributed by atoms with Gasteiger partial charge in [-0.15, -0.1) is 12.4 Å². The monoisotopic (exact) mass is 339 g/mol. The number of aryl methyl sites for hydroxylation is 1. The molecule has 1 aromatic heterocycles. The van der Waals surface area contributed by atoms with Gasteiger partial charge in [-0.25, -0.2) is 0 Å². The van der Waals surface area contributed by atoms with Crippen LogP contribution in [0.15, 0.2) is 36.7 Å². The van der Waals surface area contributed by atoms with Crippen LogP contribution in [0.25, 0.3) is 0 Å². The van der Waals surface area contributed by atoms with Gasteiger partial charge in [0.15, 0.2) is 0 Å². The Labute approximate surface area is 139 Å². The maximum atomic E-state index is 12.3. The predicted octanol–water partition coefficient (Wildman–Crippen LogP) is 1.33. The fourth-order valence-corrected chi connectivity index (χ4v) is 2.16. The first-order valence-electron chi connectivity index (χ1n) is 6.68. The van der Waals surface area contributed by atoms with Crippen LogP contribution < -0.4 is 10.6 Å². The Bertz CT molecular complexity index is 689. The van der Waals surface area contributed by atoms with Crippen molar-refractivity contribution >= 4 is 24.0 Å². The summed E-state index contributed by atoms with van der Waals surface area (Å²) in [6.07, 6.45) is 3.34. The van der Waals surface area contributed by atoms with E-state index in [-0.39, 0.29) is 30.5 Å². The maximum absolute atomic E-state index is 12.3. The molecule has 0 radical (unpaired) electrons. The largest absolute Gasteiger partial charge is 0.350 e. The molecule has 2 aromatic rings. The number of carbonyl (C=O) groups is 1. The second kappa shape index (κ2) is 8.25. The Balaban J connectivity index is 0.00000264. The zero-order chi connectivity index (χ0) is 16.1. The third-order valence-electron chi connectivity index (χ3n) is 3.25. The van der Waals surface area contributed by atoms with E-state index in [4.69, 9.17) is 0 Å². The number of nitrogens with one attached hydrogen (secondary N) is 2. The number of hydrogen-bond donors (Lipinski definition) is 2. The van der Waals surface area contributed by atoms with E-state index in [1.807, 2.05) is 0 Å². The van der Waals surface area contributed by atoms with Gasteiger partial charge in [0, 0.05) is 37.0 Å². The zero-order valence-electron chi connectivity index (χ0n) is 12.7. The topological polar surface area (TPSA) is 102 Å². The average Bonchev–Trinajstić information content (AvgIpc) is 2.92. The molecule has 2 N–H and O–H groups in total. The van der Waals surface area contributed by atoms with Gasteiger partial charge in [-0.05, 0) is 7.05 Å². The van der Waals surface area contributed by atoms with E-state index in [1.165, 1.54) is 6.07 Å². The summed E-state index contributed by atoms with van der Waals surface area (Å²) in [5, 5.41) is 20.6. The van der Waals surface area contributed by atoms with Crippen molar-refractivity contribution in [1.29, 1.82) is 0 Å². The Kier molecular flexibility index (Phi) is 6.67. The van der Waals surface area contributed by atoms with Crippen LogP contribution in [0.4, 0.5) is 5.69 Å². The van der Waals surface area contributed by atoms with Gasteiger partial charge < -0.3 is 10.6 Å². The summed E-state index contributed by atoms with van der Waals surface area (Å²) in [6, 6.07) is 5.77. The van der Waals surface area contributed by atoms with Gasteiger partial charge in [-0.3, -0.25) is 19.6 Å². The SMILES string of the molecule is CNC(C(=O)NCc1ccccc1[N+](=O)[O-])c1cnn(C)c1.Cl. The number of amides is 1. The van der Waals surface area contributed by atoms with Gasteiger partial charge in [0.05, 0.1) is 11.1 Å². The molecule has 1 aromatic carbocycles. The second-order valence-corrected chi connectivity index (χ2v) is 4.77. The number of likely N-dealkylation sites (N-methyl/N-ethyl adjacent to an activating group) is 1. The standard InChI is InChI=1S/C14H17N5O3.ClH/c1-15-13(11-8-17-18(2)9-11)14(20)16-7-10-5-3-4-6-12(10)19(21)22;/h3-6,8-9,13,15H,7H2,1-2H3,(H,16,20);1H. The number of hydrogen-bond acceptors (Lipinski definition) is 5. The molecule has 1 heterocycles. The number of para-hydroxylation sites is 1. The molecule has 23 heavy (non-hydrogen) atoms. The van der Waals surface area contributed by atoms with Crippen LogP contribution in [-0.2, 0) is 18.4 Å². The van der Waals surface area contributed by atoms with E-state index in [0.29, 0.717) is 5.56 Å². The molecule has 0 fully saturated rings. The molecule has 2 rings (SSSR count). The molecule has 0 saturated heterocycles. The zero-order valence-corrected chi connectivity index (χ0v) is 13.5. The first kappa shape index (κ1) is 18.6. The summed E-state index contributed by atoms with van der Waals surface area (Å²) in [6.45, 7) is 0.0917. The minimum Gasteiger partial charge on any atom is -0.350 e. The predicted molar refractivity (Wildman–Crippen MR) is 87.2 cm³/mol. The lowest BCUT2D eigenvalue weighted by Gasteiger charge is -2.14. The summed E-state index contributed by atoms with van der Waals surface area (Å²) in [5.41, 5.74) is 1.18. The van der Waals surface area contributed by atoms with Gasteiger partial charge in [0.1, 0.15) is 6.04 Å². The first-order chi connectivity index (χ1) is 10.5. The Morgan fingerprint density at radius 3 is 2.70 bits per heavy atom. The van der Waals surface area contributed by atoms with E-state index >= 15 is 0 Å². The molecule has 8 nitrogen and oxygen atoms in total. The summed E-state index contributed by atoms with van der Waals surface area (Å²) in [5.74, 6) is -0.270. The number of nitro groups is 1. The summed E-state index contributed by atoms with van der Waals surface area (Å²) >= 11 is 0. The van der Waals surface area contributed by atoms with Crippen LogP contribution in [0.3, 0.4) is 0 Å². The minimum absolute atomic E-state index is 0. The maximum Gasteiger partial charge on any atom is 0.274 e. The molecule has 0 saturated carbocycles. The lowest BCUT2D eigenvalue weighted by Crippen LogP contribution is -2.35. The van der Waals surface area contributed by atoms with E-state index in [1.54, 1.807) is 49.4 Å². The van der Waals surface area contributed by atoms with Crippen LogP contribution in [0, 0.1) is 10.1 Å². The van der Waals surface area contributed by atoms with Gasteiger partial charge >= 0.3 is 0 Å². The first-order valence-corrected chi connectivity index (χ1v) is 6.68. The van der Waals surface area contributed by atoms with Crippen molar-refractivity contribution in [3.63, 3.8) is 0 Å². The van der Waals surface area contributed by atoms with E-state index in [0.717, 1.165) is 5.56 Å². The highest BCUT2D eigenvalue weighted by molar-refractivity contribution is 5.85. The van der Waals surface area contributed by atoms with Crippen molar-refractivity contribution in [2.75, 3.05) is 7.05 Å². The Morgan fingerprint density at radius 2 is 2.13 bits per heavy atom. The van der Waals surface area contributed by atoms with E-state index in [2.05, 4.69) is 15.7 Å². The Hall–Kier alpha value is -2.45. The fraction of sp³-hybridized carbons (Fsp3) is 0.286. The second-order valence-electron chi connectivity index (χ2n) is 4.77. The molecule has 0 aliphatic carbocycles. The quantitative estimate of drug-likeness (QED) is 0.610. The number of carbonyl (C=O) groups excluding carboxylic acids is 1. The molecular weight excluding hydrogens is 322 g/mol. The van der Waals surface area contributed by atoms with E-state index < -0.39 is 11.0 Å². The van der Waals surface area contributed by atoms with Crippen LogP contribution in [-0.4, -0.2) is 27.7 Å². The molecule has 0 aliphatic rings. The minimum atomic E-state index is -0.559. The molecule has 0 aliphatic heterocycles. The molecule has 1 atom stereocenters. The number of rotatable bonds is 6. The third-order valence-corrected chi connectivity index (χ3v) is 3.25. The lowest BCUT2D eigenvalue weighted by molar-refractivity contribution is -0.385. The third kappa shape index (κ3) is 4.51. The van der Waals surface area contributed by atoms with E-state index in [9.17, 15) is 14.9 Å². The van der Waals surface area contributed by atoms with Gasteiger partial charge in [0.2, 0.25) is 5.91 Å². The lowest BCUT2D eigenvalue weighted by atomic mass is 10.1. The molecule has 1 unspecified atom stereocenters. The number of nitro benzene ring substituents is 1.